The summed E-state index contributed by atoms with van der Waals surface area (Å²) in [5.74, 6) is -0.447. The second-order valence-electron chi connectivity index (χ2n) is 7.25. The van der Waals surface area contributed by atoms with Crippen LogP contribution in [0.15, 0.2) is 72.8 Å². The number of benzene rings is 3. The van der Waals surface area contributed by atoms with Crippen molar-refractivity contribution >= 4 is 23.4 Å². The number of imide groups is 1. The first-order valence-corrected chi connectivity index (χ1v) is 10.1. The van der Waals surface area contributed by atoms with Gasteiger partial charge in [0.15, 0.2) is 0 Å². The van der Waals surface area contributed by atoms with Gasteiger partial charge in [-0.1, -0.05) is 29.8 Å². The summed E-state index contributed by atoms with van der Waals surface area (Å²) in [5.41, 5.74) is 2.76. The summed E-state index contributed by atoms with van der Waals surface area (Å²) in [7, 11) is 0. The summed E-state index contributed by atoms with van der Waals surface area (Å²) in [4.78, 5) is 41.7. The predicted octanol–water partition coefficient (Wildman–Crippen LogP) is 4.29. The van der Waals surface area contributed by atoms with E-state index in [9.17, 15) is 14.4 Å². The lowest BCUT2D eigenvalue weighted by Crippen LogP contribution is -2.44. The van der Waals surface area contributed by atoms with Gasteiger partial charge in [-0.15, -0.1) is 0 Å². The fourth-order valence-corrected chi connectivity index (χ4v) is 3.51. The van der Waals surface area contributed by atoms with E-state index in [1.807, 2.05) is 26.0 Å². The third-order valence-electron chi connectivity index (χ3n) is 5.16. The standard InChI is InChI=1S/C25H22N2O4/c1-3-31-20-14-12-19(13-15-20)26(23(28)18-10-8-17(2)9-11-18)16-27-24(29)21-6-4-5-7-22(21)25(27)30/h4-15H,3,16H2,1-2H3. The van der Waals surface area contributed by atoms with Crippen molar-refractivity contribution in [2.75, 3.05) is 18.2 Å². The minimum Gasteiger partial charge on any atom is -0.494 e. The number of amides is 3. The number of hydrogen-bond donors (Lipinski definition) is 0. The lowest BCUT2D eigenvalue weighted by molar-refractivity contribution is 0.0650. The molecule has 31 heavy (non-hydrogen) atoms. The van der Waals surface area contributed by atoms with Crippen LogP contribution in [0, 0.1) is 6.92 Å². The number of rotatable bonds is 6. The summed E-state index contributed by atoms with van der Waals surface area (Å²) in [6.07, 6.45) is 0. The summed E-state index contributed by atoms with van der Waals surface area (Å²) in [6.45, 7) is 4.17. The molecule has 0 bridgehead atoms. The van der Waals surface area contributed by atoms with Crippen LogP contribution in [0.1, 0.15) is 43.6 Å². The number of carbonyl (C=O) groups excluding carboxylic acids is 3. The van der Waals surface area contributed by atoms with Crippen molar-refractivity contribution in [3.05, 3.63) is 95.1 Å². The van der Waals surface area contributed by atoms with Gasteiger partial charge in [0.25, 0.3) is 17.7 Å². The molecule has 1 heterocycles. The zero-order valence-electron chi connectivity index (χ0n) is 17.4. The van der Waals surface area contributed by atoms with Gasteiger partial charge in [0.1, 0.15) is 12.4 Å². The van der Waals surface area contributed by atoms with Crippen molar-refractivity contribution in [1.29, 1.82) is 0 Å². The highest BCUT2D eigenvalue weighted by atomic mass is 16.5. The van der Waals surface area contributed by atoms with E-state index >= 15 is 0 Å². The second kappa shape index (κ2) is 8.44. The first kappa shape index (κ1) is 20.3. The molecular weight excluding hydrogens is 392 g/mol. The number of carbonyl (C=O) groups is 3. The fraction of sp³-hybridized carbons (Fsp3) is 0.160. The smallest absolute Gasteiger partial charge is 0.263 e. The number of nitrogens with zero attached hydrogens (tertiary/aromatic N) is 2. The molecule has 0 fully saturated rings. The van der Waals surface area contributed by atoms with Gasteiger partial charge in [0, 0.05) is 11.3 Å². The molecule has 1 aliphatic rings. The Hall–Kier alpha value is -3.93. The van der Waals surface area contributed by atoms with Gasteiger partial charge in [-0.25, -0.2) is 0 Å². The van der Waals surface area contributed by atoms with E-state index in [4.69, 9.17) is 4.74 Å². The van der Waals surface area contributed by atoms with Gasteiger partial charge in [0.2, 0.25) is 0 Å². The van der Waals surface area contributed by atoms with Crippen LogP contribution in [-0.2, 0) is 0 Å². The molecule has 3 aromatic rings. The molecule has 0 spiro atoms. The highest BCUT2D eigenvalue weighted by Gasteiger charge is 2.37. The molecule has 0 N–H and O–H groups in total. The highest BCUT2D eigenvalue weighted by Crippen LogP contribution is 2.26. The van der Waals surface area contributed by atoms with Crippen LogP contribution < -0.4 is 9.64 Å². The molecule has 156 valence electrons. The van der Waals surface area contributed by atoms with E-state index in [0.29, 0.717) is 34.7 Å². The topological polar surface area (TPSA) is 66.9 Å². The molecule has 3 aromatic carbocycles. The van der Waals surface area contributed by atoms with Crippen molar-refractivity contribution in [3.63, 3.8) is 0 Å². The van der Waals surface area contributed by atoms with Gasteiger partial charge in [-0.2, -0.15) is 0 Å². The van der Waals surface area contributed by atoms with Crippen LogP contribution in [0.25, 0.3) is 0 Å². The van der Waals surface area contributed by atoms with E-state index in [0.717, 1.165) is 10.5 Å². The molecule has 3 amide bonds. The van der Waals surface area contributed by atoms with Crippen LogP contribution in [0.3, 0.4) is 0 Å². The van der Waals surface area contributed by atoms with Gasteiger partial charge in [-0.05, 0) is 62.4 Å². The zero-order chi connectivity index (χ0) is 22.0. The molecule has 0 unspecified atom stereocenters. The number of hydrogen-bond acceptors (Lipinski definition) is 4. The molecule has 0 saturated heterocycles. The van der Waals surface area contributed by atoms with E-state index < -0.39 is 11.8 Å². The van der Waals surface area contributed by atoms with E-state index in [2.05, 4.69) is 0 Å². The molecule has 6 nitrogen and oxygen atoms in total. The largest absolute Gasteiger partial charge is 0.494 e. The Kier molecular flexibility index (Phi) is 5.54. The van der Waals surface area contributed by atoms with Gasteiger partial charge in [-0.3, -0.25) is 24.2 Å². The van der Waals surface area contributed by atoms with Crippen molar-refractivity contribution in [1.82, 2.24) is 4.90 Å². The lowest BCUT2D eigenvalue weighted by Gasteiger charge is -2.27. The third-order valence-corrected chi connectivity index (χ3v) is 5.16. The molecule has 0 radical (unpaired) electrons. The molecule has 0 saturated carbocycles. The summed E-state index contributed by atoms with van der Waals surface area (Å²) in [6, 6.07) is 20.9. The van der Waals surface area contributed by atoms with Crippen molar-refractivity contribution in [2.45, 2.75) is 13.8 Å². The van der Waals surface area contributed by atoms with E-state index in [1.54, 1.807) is 60.7 Å². The molecule has 4 rings (SSSR count). The highest BCUT2D eigenvalue weighted by molar-refractivity contribution is 6.22. The van der Waals surface area contributed by atoms with Crippen molar-refractivity contribution < 1.29 is 19.1 Å². The second-order valence-corrected chi connectivity index (χ2v) is 7.25. The Bertz CT molecular complexity index is 1100. The van der Waals surface area contributed by atoms with E-state index in [1.165, 1.54) is 4.90 Å². The average Bonchev–Trinajstić information content (AvgIpc) is 3.03. The number of anilines is 1. The molecule has 0 aromatic heterocycles. The number of fused-ring (bicyclic) bond motifs is 1. The first-order valence-electron chi connectivity index (χ1n) is 10.1. The minimum absolute atomic E-state index is 0.187. The normalized spacial score (nSPS) is 12.6. The van der Waals surface area contributed by atoms with E-state index in [-0.39, 0.29) is 12.6 Å². The predicted molar refractivity (Wildman–Crippen MR) is 117 cm³/mol. The van der Waals surface area contributed by atoms with Gasteiger partial charge in [0.05, 0.1) is 17.7 Å². The van der Waals surface area contributed by atoms with Crippen molar-refractivity contribution in [2.24, 2.45) is 0 Å². The summed E-state index contributed by atoms with van der Waals surface area (Å²) >= 11 is 0. The van der Waals surface area contributed by atoms with Gasteiger partial charge >= 0.3 is 0 Å². The average molecular weight is 414 g/mol. The molecule has 1 aliphatic heterocycles. The number of aryl methyl sites for hydroxylation is 1. The van der Waals surface area contributed by atoms with Crippen LogP contribution in [0.4, 0.5) is 5.69 Å². The van der Waals surface area contributed by atoms with Crippen LogP contribution in [0.2, 0.25) is 0 Å². The Morgan fingerprint density at radius 1 is 0.871 bits per heavy atom. The monoisotopic (exact) mass is 414 g/mol. The lowest BCUT2D eigenvalue weighted by atomic mass is 10.1. The zero-order valence-corrected chi connectivity index (χ0v) is 17.4. The quantitative estimate of drug-likeness (QED) is 0.564. The maximum atomic E-state index is 13.4. The third kappa shape index (κ3) is 3.92. The molecule has 0 aliphatic carbocycles. The summed E-state index contributed by atoms with van der Waals surface area (Å²) in [5, 5.41) is 0. The fourth-order valence-electron chi connectivity index (χ4n) is 3.51. The Labute approximate surface area is 180 Å². The van der Waals surface area contributed by atoms with Crippen molar-refractivity contribution in [3.8, 4) is 5.75 Å². The van der Waals surface area contributed by atoms with Crippen LogP contribution in [0.5, 0.6) is 5.75 Å². The first-order chi connectivity index (χ1) is 15.0. The maximum Gasteiger partial charge on any atom is 0.263 e. The molecular formula is C25H22N2O4. The van der Waals surface area contributed by atoms with Gasteiger partial charge < -0.3 is 4.74 Å². The van der Waals surface area contributed by atoms with Crippen LogP contribution >= 0.6 is 0 Å². The SMILES string of the molecule is CCOc1ccc(N(CN2C(=O)c3ccccc3C2=O)C(=O)c2ccc(C)cc2)cc1. The number of ether oxygens (including phenoxy) is 1. The maximum absolute atomic E-state index is 13.4. The molecule has 0 atom stereocenters. The Morgan fingerprint density at radius 3 is 2.00 bits per heavy atom. The Balaban J connectivity index is 1.69. The van der Waals surface area contributed by atoms with Crippen LogP contribution in [-0.4, -0.2) is 35.9 Å². The Morgan fingerprint density at radius 2 is 1.45 bits per heavy atom. The minimum atomic E-state index is -0.409. The molecule has 6 heteroatoms. The summed E-state index contributed by atoms with van der Waals surface area (Å²) < 4.78 is 5.49.